The first-order chi connectivity index (χ1) is 7.19. The van der Waals surface area contributed by atoms with Crippen molar-refractivity contribution in [3.8, 4) is 0 Å². The lowest BCUT2D eigenvalue weighted by Crippen LogP contribution is -2.44. The number of aryl methyl sites for hydroxylation is 1. The molecule has 0 aliphatic carbocycles. The van der Waals surface area contributed by atoms with Gasteiger partial charge in [-0.25, -0.2) is 4.39 Å². The average Bonchev–Trinajstić information content (AvgIpc) is 2.28. The monoisotopic (exact) mass is 209 g/mol. The maximum Gasteiger partial charge on any atom is 0.125 e. The molecule has 2 nitrogen and oxygen atoms in total. The molecule has 2 N–H and O–H groups in total. The predicted molar refractivity (Wildman–Crippen MR) is 58.5 cm³/mol. The Bertz CT molecular complexity index is 361. The van der Waals surface area contributed by atoms with E-state index in [0.717, 1.165) is 30.5 Å². The van der Waals surface area contributed by atoms with E-state index in [9.17, 15) is 9.50 Å². The highest BCUT2D eigenvalue weighted by Crippen LogP contribution is 2.32. The van der Waals surface area contributed by atoms with E-state index in [0.29, 0.717) is 0 Å². The van der Waals surface area contributed by atoms with Gasteiger partial charge in [0.2, 0.25) is 0 Å². The minimum atomic E-state index is -0.263. The van der Waals surface area contributed by atoms with Crippen molar-refractivity contribution >= 4 is 5.69 Å². The molecule has 0 saturated heterocycles. The quantitative estimate of drug-likeness (QED) is 0.783. The molecule has 15 heavy (non-hydrogen) atoms. The van der Waals surface area contributed by atoms with Crippen molar-refractivity contribution < 1.29 is 9.50 Å². The molecule has 0 aromatic heterocycles. The van der Waals surface area contributed by atoms with Crippen LogP contribution in [0.5, 0.6) is 0 Å². The Morgan fingerprint density at radius 1 is 1.53 bits per heavy atom. The third-order valence-corrected chi connectivity index (χ3v) is 3.32. The third kappa shape index (κ3) is 1.84. The molecule has 3 heteroatoms. The zero-order chi connectivity index (χ0) is 10.9. The van der Waals surface area contributed by atoms with Crippen molar-refractivity contribution in [2.24, 2.45) is 0 Å². The smallest absolute Gasteiger partial charge is 0.125 e. The summed E-state index contributed by atoms with van der Waals surface area (Å²) < 4.78 is 13.1. The van der Waals surface area contributed by atoms with Gasteiger partial charge in [-0.05, 0) is 37.0 Å². The lowest BCUT2D eigenvalue weighted by Gasteiger charge is -2.38. The molecule has 1 unspecified atom stereocenters. The number of aliphatic hydroxyl groups is 1. The van der Waals surface area contributed by atoms with Gasteiger partial charge in [-0.3, -0.25) is 0 Å². The second kappa shape index (κ2) is 3.81. The van der Waals surface area contributed by atoms with Crippen LogP contribution < -0.4 is 5.32 Å². The van der Waals surface area contributed by atoms with E-state index in [4.69, 9.17) is 0 Å². The molecule has 0 saturated carbocycles. The molecule has 1 aliphatic heterocycles. The average molecular weight is 209 g/mol. The van der Waals surface area contributed by atoms with Gasteiger partial charge in [0.1, 0.15) is 5.82 Å². The first kappa shape index (κ1) is 10.4. The first-order valence-electron chi connectivity index (χ1n) is 5.36. The number of benzene rings is 1. The zero-order valence-electron chi connectivity index (χ0n) is 8.89. The van der Waals surface area contributed by atoms with Gasteiger partial charge in [-0.15, -0.1) is 0 Å². The SMILES string of the molecule is CCC1(CO)CCc2ccc(F)cc2N1. The van der Waals surface area contributed by atoms with Crippen LogP contribution in [0.3, 0.4) is 0 Å². The molecule has 1 atom stereocenters. The molecule has 0 amide bonds. The van der Waals surface area contributed by atoms with Gasteiger partial charge in [-0.1, -0.05) is 13.0 Å². The number of anilines is 1. The van der Waals surface area contributed by atoms with Crippen molar-refractivity contribution in [2.75, 3.05) is 11.9 Å². The van der Waals surface area contributed by atoms with E-state index in [2.05, 4.69) is 5.32 Å². The van der Waals surface area contributed by atoms with Crippen molar-refractivity contribution in [1.29, 1.82) is 0 Å². The van der Waals surface area contributed by atoms with Crippen molar-refractivity contribution in [1.82, 2.24) is 0 Å². The Hall–Kier alpha value is -1.09. The number of nitrogens with one attached hydrogen (secondary N) is 1. The highest BCUT2D eigenvalue weighted by molar-refractivity contribution is 5.55. The summed E-state index contributed by atoms with van der Waals surface area (Å²) in [5.41, 5.74) is 1.70. The molecule has 1 aliphatic rings. The van der Waals surface area contributed by atoms with Crippen LogP contribution >= 0.6 is 0 Å². The fourth-order valence-electron chi connectivity index (χ4n) is 2.10. The van der Waals surface area contributed by atoms with Crippen LogP contribution in [0, 0.1) is 5.82 Å². The van der Waals surface area contributed by atoms with E-state index >= 15 is 0 Å². The Morgan fingerprint density at radius 2 is 2.33 bits per heavy atom. The van der Waals surface area contributed by atoms with Crippen LogP contribution in [0.25, 0.3) is 0 Å². The maximum atomic E-state index is 13.1. The van der Waals surface area contributed by atoms with Crippen LogP contribution in [0.15, 0.2) is 18.2 Å². The lowest BCUT2D eigenvalue weighted by atomic mass is 9.85. The second-order valence-electron chi connectivity index (χ2n) is 4.22. The van der Waals surface area contributed by atoms with Crippen LogP contribution in [-0.2, 0) is 6.42 Å². The number of hydrogen-bond donors (Lipinski definition) is 2. The molecule has 0 spiro atoms. The highest BCUT2D eigenvalue weighted by atomic mass is 19.1. The highest BCUT2D eigenvalue weighted by Gasteiger charge is 2.31. The molecule has 1 heterocycles. The summed E-state index contributed by atoms with van der Waals surface area (Å²) in [7, 11) is 0. The molecular weight excluding hydrogens is 193 g/mol. The molecule has 1 aromatic carbocycles. The molecule has 1 aromatic rings. The Balaban J connectivity index is 2.32. The number of aliphatic hydroxyl groups excluding tert-OH is 1. The van der Waals surface area contributed by atoms with E-state index < -0.39 is 0 Å². The lowest BCUT2D eigenvalue weighted by molar-refractivity contribution is 0.195. The number of fused-ring (bicyclic) bond motifs is 1. The summed E-state index contributed by atoms with van der Waals surface area (Å²) in [6.45, 7) is 2.13. The molecule has 2 rings (SSSR count). The van der Waals surface area contributed by atoms with Gasteiger partial charge < -0.3 is 10.4 Å². The molecule has 0 fully saturated rings. The number of halogens is 1. The van der Waals surface area contributed by atoms with E-state index in [1.807, 2.05) is 13.0 Å². The van der Waals surface area contributed by atoms with Gasteiger partial charge in [0, 0.05) is 5.69 Å². The van der Waals surface area contributed by atoms with E-state index in [1.54, 1.807) is 0 Å². The van der Waals surface area contributed by atoms with Gasteiger partial charge in [0.05, 0.1) is 12.1 Å². The topological polar surface area (TPSA) is 32.3 Å². The summed E-state index contributed by atoms with van der Waals surface area (Å²) in [6, 6.07) is 4.81. The normalized spacial score (nSPS) is 24.5. The summed E-state index contributed by atoms with van der Waals surface area (Å²) in [5, 5.41) is 12.6. The fraction of sp³-hybridized carbons (Fsp3) is 0.500. The fourth-order valence-corrected chi connectivity index (χ4v) is 2.10. The first-order valence-corrected chi connectivity index (χ1v) is 5.36. The minimum absolute atomic E-state index is 0.0967. The summed E-state index contributed by atoms with van der Waals surface area (Å²) in [5.74, 6) is -0.230. The van der Waals surface area contributed by atoms with Crippen molar-refractivity contribution in [3.63, 3.8) is 0 Å². The van der Waals surface area contributed by atoms with Gasteiger partial charge in [0.25, 0.3) is 0 Å². The Labute approximate surface area is 89.1 Å². The Morgan fingerprint density at radius 3 is 3.00 bits per heavy atom. The van der Waals surface area contributed by atoms with E-state index in [1.165, 1.54) is 12.1 Å². The molecular formula is C12H16FNO. The van der Waals surface area contributed by atoms with Gasteiger partial charge in [-0.2, -0.15) is 0 Å². The summed E-state index contributed by atoms with van der Waals surface area (Å²) in [4.78, 5) is 0. The van der Waals surface area contributed by atoms with E-state index in [-0.39, 0.29) is 18.0 Å². The number of rotatable bonds is 2. The van der Waals surface area contributed by atoms with Crippen molar-refractivity contribution in [2.45, 2.75) is 31.7 Å². The molecule has 0 radical (unpaired) electrons. The zero-order valence-corrected chi connectivity index (χ0v) is 8.89. The van der Waals surface area contributed by atoms with Gasteiger partial charge in [0.15, 0.2) is 0 Å². The third-order valence-electron chi connectivity index (χ3n) is 3.32. The molecule has 82 valence electrons. The van der Waals surface area contributed by atoms with Crippen LogP contribution in [-0.4, -0.2) is 17.3 Å². The predicted octanol–water partition coefficient (Wildman–Crippen LogP) is 2.32. The minimum Gasteiger partial charge on any atom is -0.394 e. The van der Waals surface area contributed by atoms with Crippen LogP contribution in [0.4, 0.5) is 10.1 Å². The van der Waals surface area contributed by atoms with Gasteiger partial charge >= 0.3 is 0 Å². The summed E-state index contributed by atoms with van der Waals surface area (Å²) >= 11 is 0. The largest absolute Gasteiger partial charge is 0.394 e. The Kier molecular flexibility index (Phi) is 2.65. The van der Waals surface area contributed by atoms with Crippen LogP contribution in [0.1, 0.15) is 25.3 Å². The summed E-state index contributed by atoms with van der Waals surface area (Å²) in [6.07, 6.45) is 2.65. The van der Waals surface area contributed by atoms with Crippen LogP contribution in [0.2, 0.25) is 0 Å². The standard InChI is InChI=1S/C12H16FNO/c1-2-12(8-15)6-5-9-3-4-10(13)7-11(9)14-12/h3-4,7,14-15H,2,5-6,8H2,1H3. The van der Waals surface area contributed by atoms with Crippen molar-refractivity contribution in [3.05, 3.63) is 29.6 Å². The second-order valence-corrected chi connectivity index (χ2v) is 4.22. The molecule has 0 bridgehead atoms. The maximum absolute atomic E-state index is 13.1. The number of hydrogen-bond acceptors (Lipinski definition) is 2.